The molecule has 0 heterocycles. The minimum absolute atomic E-state index is 0.330. The standard InChI is InChI=1S/C15H23ClN2O4S/c1-4-14(15(19)17-10-5-11-22-2)18(23(3,20)21)13-8-6-12(16)7-9-13/h6-9,14H,4-5,10-11H2,1-3H3,(H,17,19). The van der Waals surface area contributed by atoms with Gasteiger partial charge in [-0.15, -0.1) is 0 Å². The van der Waals surface area contributed by atoms with Gasteiger partial charge in [-0.25, -0.2) is 8.42 Å². The first-order valence-corrected chi connectivity index (χ1v) is 9.55. The summed E-state index contributed by atoms with van der Waals surface area (Å²) in [4.78, 5) is 12.4. The Morgan fingerprint density at radius 1 is 1.35 bits per heavy atom. The number of anilines is 1. The van der Waals surface area contributed by atoms with Crippen molar-refractivity contribution >= 4 is 33.2 Å². The van der Waals surface area contributed by atoms with E-state index in [1.54, 1.807) is 38.3 Å². The van der Waals surface area contributed by atoms with Crippen LogP contribution in [-0.2, 0) is 19.6 Å². The van der Waals surface area contributed by atoms with Gasteiger partial charge in [-0.1, -0.05) is 18.5 Å². The maximum Gasteiger partial charge on any atom is 0.243 e. The number of carbonyl (C=O) groups excluding carboxylic acids is 1. The van der Waals surface area contributed by atoms with E-state index in [0.29, 0.717) is 36.7 Å². The first kappa shape index (κ1) is 19.7. The van der Waals surface area contributed by atoms with Crippen LogP contribution < -0.4 is 9.62 Å². The van der Waals surface area contributed by atoms with Gasteiger partial charge in [-0.05, 0) is 37.1 Å². The quantitative estimate of drug-likeness (QED) is 0.682. The molecular weight excluding hydrogens is 340 g/mol. The third kappa shape index (κ3) is 6.01. The van der Waals surface area contributed by atoms with Crippen LogP contribution >= 0.6 is 11.6 Å². The van der Waals surface area contributed by atoms with E-state index in [1.807, 2.05) is 0 Å². The average molecular weight is 363 g/mol. The van der Waals surface area contributed by atoms with Gasteiger partial charge in [-0.3, -0.25) is 9.10 Å². The summed E-state index contributed by atoms with van der Waals surface area (Å²) in [6, 6.07) is 5.55. The Hall–Kier alpha value is -1.31. The molecule has 1 rings (SSSR count). The van der Waals surface area contributed by atoms with Crippen LogP contribution in [0.25, 0.3) is 0 Å². The first-order chi connectivity index (χ1) is 10.8. The minimum atomic E-state index is -3.62. The van der Waals surface area contributed by atoms with Crippen LogP contribution in [0.4, 0.5) is 5.69 Å². The topological polar surface area (TPSA) is 75.7 Å². The Morgan fingerprint density at radius 3 is 2.43 bits per heavy atom. The summed E-state index contributed by atoms with van der Waals surface area (Å²) >= 11 is 5.85. The van der Waals surface area contributed by atoms with Crippen molar-refractivity contribution in [2.24, 2.45) is 0 Å². The lowest BCUT2D eigenvalue weighted by atomic mass is 10.2. The maximum atomic E-state index is 12.4. The summed E-state index contributed by atoms with van der Waals surface area (Å²) in [5, 5.41) is 3.25. The molecule has 0 saturated carbocycles. The molecule has 1 amide bonds. The number of nitrogens with zero attached hydrogens (tertiary/aromatic N) is 1. The number of ether oxygens (including phenoxy) is 1. The first-order valence-electron chi connectivity index (χ1n) is 7.32. The highest BCUT2D eigenvalue weighted by Crippen LogP contribution is 2.24. The van der Waals surface area contributed by atoms with Crippen LogP contribution in [0.3, 0.4) is 0 Å². The molecule has 6 nitrogen and oxygen atoms in total. The Balaban J connectivity index is 2.99. The number of hydrogen-bond donors (Lipinski definition) is 1. The third-order valence-corrected chi connectivity index (χ3v) is 4.67. The number of nitrogens with one attached hydrogen (secondary N) is 1. The van der Waals surface area contributed by atoms with E-state index in [1.165, 1.54) is 0 Å². The lowest BCUT2D eigenvalue weighted by Crippen LogP contribution is -2.49. The predicted molar refractivity (Wildman–Crippen MR) is 92.4 cm³/mol. The van der Waals surface area contributed by atoms with Crippen molar-refractivity contribution in [3.05, 3.63) is 29.3 Å². The van der Waals surface area contributed by atoms with Gasteiger partial charge in [0.25, 0.3) is 0 Å². The van der Waals surface area contributed by atoms with Gasteiger partial charge in [0.2, 0.25) is 15.9 Å². The van der Waals surface area contributed by atoms with Gasteiger partial charge in [0.1, 0.15) is 6.04 Å². The Kier molecular flexibility index (Phi) is 7.81. The summed E-state index contributed by atoms with van der Waals surface area (Å²) in [6.07, 6.45) is 2.10. The van der Waals surface area contributed by atoms with E-state index >= 15 is 0 Å². The normalized spacial score (nSPS) is 12.7. The maximum absolute atomic E-state index is 12.4. The highest BCUT2D eigenvalue weighted by atomic mass is 35.5. The summed E-state index contributed by atoms with van der Waals surface area (Å²) in [5.74, 6) is -0.330. The molecule has 0 saturated heterocycles. The SMILES string of the molecule is CCC(C(=O)NCCCOC)N(c1ccc(Cl)cc1)S(C)(=O)=O. The zero-order valence-electron chi connectivity index (χ0n) is 13.6. The molecule has 0 aliphatic heterocycles. The van der Waals surface area contributed by atoms with Gasteiger partial charge in [0.05, 0.1) is 11.9 Å². The molecule has 1 unspecified atom stereocenters. The fourth-order valence-electron chi connectivity index (χ4n) is 2.19. The molecule has 0 aliphatic rings. The average Bonchev–Trinajstić information content (AvgIpc) is 2.49. The van der Waals surface area contributed by atoms with Gasteiger partial charge < -0.3 is 10.1 Å². The number of rotatable bonds is 9. The summed E-state index contributed by atoms with van der Waals surface area (Å²) in [5.41, 5.74) is 0.413. The summed E-state index contributed by atoms with van der Waals surface area (Å²) < 4.78 is 30.4. The van der Waals surface area contributed by atoms with E-state index in [-0.39, 0.29) is 5.91 Å². The zero-order valence-corrected chi connectivity index (χ0v) is 15.2. The molecule has 1 atom stereocenters. The summed E-state index contributed by atoms with van der Waals surface area (Å²) in [6.45, 7) is 2.74. The van der Waals surface area contributed by atoms with Crippen molar-refractivity contribution in [3.8, 4) is 0 Å². The van der Waals surface area contributed by atoms with Crippen molar-refractivity contribution in [2.45, 2.75) is 25.8 Å². The molecule has 0 fully saturated rings. The number of methoxy groups -OCH3 is 1. The Labute approximate surface area is 142 Å². The van der Waals surface area contributed by atoms with E-state index < -0.39 is 16.1 Å². The molecule has 0 spiro atoms. The monoisotopic (exact) mass is 362 g/mol. The Bertz CT molecular complexity index is 604. The lowest BCUT2D eigenvalue weighted by molar-refractivity contribution is -0.122. The van der Waals surface area contributed by atoms with Crippen LogP contribution in [0.1, 0.15) is 19.8 Å². The second-order valence-corrected chi connectivity index (χ2v) is 7.39. The van der Waals surface area contributed by atoms with Crippen molar-refractivity contribution < 1.29 is 17.9 Å². The van der Waals surface area contributed by atoms with E-state index in [4.69, 9.17) is 16.3 Å². The highest BCUT2D eigenvalue weighted by molar-refractivity contribution is 7.92. The van der Waals surface area contributed by atoms with Gasteiger partial charge in [-0.2, -0.15) is 0 Å². The summed E-state index contributed by atoms with van der Waals surface area (Å²) in [7, 11) is -2.03. The molecule has 0 radical (unpaired) electrons. The van der Waals surface area contributed by atoms with Crippen LogP contribution in [0, 0.1) is 0 Å². The fourth-order valence-corrected chi connectivity index (χ4v) is 3.53. The lowest BCUT2D eigenvalue weighted by Gasteiger charge is -2.30. The molecule has 8 heteroatoms. The molecule has 130 valence electrons. The molecule has 0 aromatic heterocycles. The van der Waals surface area contributed by atoms with Crippen LogP contribution in [0.2, 0.25) is 5.02 Å². The largest absolute Gasteiger partial charge is 0.385 e. The van der Waals surface area contributed by atoms with E-state index in [9.17, 15) is 13.2 Å². The fraction of sp³-hybridized carbons (Fsp3) is 0.533. The van der Waals surface area contributed by atoms with Crippen molar-refractivity contribution in [1.82, 2.24) is 5.32 Å². The molecule has 1 N–H and O–H groups in total. The number of hydrogen-bond acceptors (Lipinski definition) is 4. The highest BCUT2D eigenvalue weighted by Gasteiger charge is 2.31. The second kappa shape index (κ2) is 9.10. The van der Waals surface area contributed by atoms with Crippen LogP contribution in [0.5, 0.6) is 0 Å². The van der Waals surface area contributed by atoms with Crippen molar-refractivity contribution in [1.29, 1.82) is 0 Å². The smallest absolute Gasteiger partial charge is 0.243 e. The predicted octanol–water partition coefficient (Wildman–Crippen LogP) is 2.04. The van der Waals surface area contributed by atoms with Crippen molar-refractivity contribution in [3.63, 3.8) is 0 Å². The van der Waals surface area contributed by atoms with Gasteiger partial charge in [0, 0.05) is 25.3 Å². The van der Waals surface area contributed by atoms with E-state index in [0.717, 1.165) is 10.6 Å². The van der Waals surface area contributed by atoms with Gasteiger partial charge in [0.15, 0.2) is 0 Å². The molecule has 0 aliphatic carbocycles. The van der Waals surface area contributed by atoms with Crippen LogP contribution in [0.15, 0.2) is 24.3 Å². The molecule has 1 aromatic rings. The van der Waals surface area contributed by atoms with Crippen molar-refractivity contribution in [2.75, 3.05) is 30.8 Å². The molecule has 23 heavy (non-hydrogen) atoms. The van der Waals surface area contributed by atoms with E-state index in [2.05, 4.69) is 5.32 Å². The molecule has 0 bridgehead atoms. The minimum Gasteiger partial charge on any atom is -0.385 e. The molecular formula is C15H23ClN2O4S. The Morgan fingerprint density at radius 2 is 1.96 bits per heavy atom. The third-order valence-electron chi connectivity index (χ3n) is 3.24. The number of amides is 1. The number of halogens is 1. The van der Waals surface area contributed by atoms with Crippen LogP contribution in [-0.4, -0.2) is 46.9 Å². The number of benzene rings is 1. The zero-order chi connectivity index (χ0) is 17.5. The number of sulfonamides is 1. The van der Waals surface area contributed by atoms with Gasteiger partial charge >= 0.3 is 0 Å². The number of carbonyl (C=O) groups is 1. The second-order valence-electron chi connectivity index (χ2n) is 5.10. The molecule has 1 aromatic carbocycles.